The molecule has 1 aliphatic heterocycles. The van der Waals surface area contributed by atoms with E-state index in [9.17, 15) is 0 Å². The number of rotatable bonds is 4. The number of methoxy groups -OCH3 is 2. The Morgan fingerprint density at radius 3 is 2.59 bits per heavy atom. The first-order chi connectivity index (χ1) is 13.2. The van der Waals surface area contributed by atoms with Crippen LogP contribution in [0.5, 0.6) is 11.5 Å². The number of ether oxygens (including phenoxy) is 2. The lowest BCUT2D eigenvalue weighted by atomic mass is 10.0. The molecule has 2 heterocycles. The molecule has 0 aliphatic carbocycles. The van der Waals surface area contributed by atoms with Gasteiger partial charge in [0.25, 0.3) is 0 Å². The van der Waals surface area contributed by atoms with Crippen molar-refractivity contribution >= 4 is 44.5 Å². The summed E-state index contributed by atoms with van der Waals surface area (Å²) in [5.41, 5.74) is 6.58. The van der Waals surface area contributed by atoms with Gasteiger partial charge < -0.3 is 9.47 Å². The van der Waals surface area contributed by atoms with Crippen molar-refractivity contribution in [3.05, 3.63) is 74.4 Å². The average Bonchev–Trinajstić information content (AvgIpc) is 3.16. The molecule has 136 valence electrons. The van der Waals surface area contributed by atoms with Crippen LogP contribution in [0.1, 0.15) is 16.0 Å². The van der Waals surface area contributed by atoms with E-state index in [-0.39, 0.29) is 0 Å². The van der Waals surface area contributed by atoms with Crippen LogP contribution in [0.4, 0.5) is 5.69 Å². The number of hydrazone groups is 1. The molecule has 1 N–H and O–H groups in total. The first-order valence-corrected chi connectivity index (χ1v) is 9.85. The first-order valence-electron chi connectivity index (χ1n) is 8.18. The van der Waals surface area contributed by atoms with Crippen LogP contribution < -0.4 is 14.9 Å². The molecule has 0 spiro atoms. The fourth-order valence-electron chi connectivity index (χ4n) is 2.84. The summed E-state index contributed by atoms with van der Waals surface area (Å²) in [6.07, 6.45) is 0. The predicted molar refractivity (Wildman–Crippen MR) is 113 cm³/mol. The summed E-state index contributed by atoms with van der Waals surface area (Å²) in [6, 6.07) is 15.8. The third-order valence-corrected chi connectivity index (χ3v) is 5.50. The highest BCUT2D eigenvalue weighted by Crippen LogP contribution is 2.33. The predicted octanol–water partition coefficient (Wildman–Crippen LogP) is 4.96. The summed E-state index contributed by atoms with van der Waals surface area (Å²) < 4.78 is 11.8. The van der Waals surface area contributed by atoms with Gasteiger partial charge in [0, 0.05) is 15.6 Å². The van der Waals surface area contributed by atoms with E-state index in [1.165, 1.54) is 0 Å². The van der Waals surface area contributed by atoms with E-state index < -0.39 is 0 Å². The fourth-order valence-corrected chi connectivity index (χ4v) is 3.86. The van der Waals surface area contributed by atoms with Crippen molar-refractivity contribution in [2.45, 2.75) is 0 Å². The Balaban J connectivity index is 1.86. The van der Waals surface area contributed by atoms with Gasteiger partial charge in [-0.3, -0.25) is 5.43 Å². The molecule has 7 heteroatoms. The van der Waals surface area contributed by atoms with Gasteiger partial charge in [0.2, 0.25) is 0 Å². The zero-order valence-corrected chi connectivity index (χ0v) is 17.1. The van der Waals surface area contributed by atoms with E-state index in [0.29, 0.717) is 11.5 Å². The number of halogens is 1. The summed E-state index contributed by atoms with van der Waals surface area (Å²) in [4.78, 5) is 5.83. The minimum atomic E-state index is 0.651. The Morgan fingerprint density at radius 1 is 1.00 bits per heavy atom. The smallest absolute Gasteiger partial charge is 0.164 e. The number of benzene rings is 2. The molecule has 0 bridgehead atoms. The summed E-state index contributed by atoms with van der Waals surface area (Å²) in [7, 11) is 3.24. The van der Waals surface area contributed by atoms with Crippen LogP contribution in [-0.4, -0.2) is 25.8 Å². The van der Waals surface area contributed by atoms with Crippen molar-refractivity contribution < 1.29 is 9.47 Å². The number of nitrogens with one attached hydrogen (secondary N) is 1. The van der Waals surface area contributed by atoms with Crippen LogP contribution in [-0.2, 0) is 0 Å². The molecule has 2 aromatic carbocycles. The standard InChI is InChI=1S/C20H16BrN3O2S/c1-25-16-8-5-12(10-17(16)26-2)19-14-11-13(21)6-7-15(14)22-20(24-23-19)18-4-3-9-27-18/h3-11H,1-2H3,(H,22,24). The molecule has 27 heavy (non-hydrogen) atoms. The second-order valence-corrected chi connectivity index (χ2v) is 7.60. The second-order valence-electron chi connectivity index (χ2n) is 5.74. The number of hydrogen-bond acceptors (Lipinski definition) is 6. The van der Waals surface area contributed by atoms with Crippen molar-refractivity contribution in [1.29, 1.82) is 0 Å². The molecule has 0 saturated carbocycles. The molecule has 1 aliphatic rings. The number of aliphatic imine (C=N–C) groups is 1. The lowest BCUT2D eigenvalue weighted by Gasteiger charge is -2.12. The maximum absolute atomic E-state index is 5.45. The Labute approximate surface area is 169 Å². The molecule has 0 unspecified atom stereocenters. The zero-order chi connectivity index (χ0) is 18.8. The lowest BCUT2D eigenvalue weighted by molar-refractivity contribution is 0.355. The van der Waals surface area contributed by atoms with E-state index in [1.54, 1.807) is 25.6 Å². The molecule has 0 atom stereocenters. The number of thiophene rings is 1. The molecular weight excluding hydrogens is 426 g/mol. The van der Waals surface area contributed by atoms with Crippen molar-refractivity contribution in [3.8, 4) is 11.5 Å². The zero-order valence-electron chi connectivity index (χ0n) is 14.7. The van der Waals surface area contributed by atoms with Crippen molar-refractivity contribution in [2.75, 3.05) is 14.2 Å². The molecule has 0 radical (unpaired) electrons. The summed E-state index contributed by atoms with van der Waals surface area (Å²) in [6.45, 7) is 0. The van der Waals surface area contributed by atoms with Crippen LogP contribution in [0.2, 0.25) is 0 Å². The minimum Gasteiger partial charge on any atom is -0.493 e. The van der Waals surface area contributed by atoms with Crippen LogP contribution in [0.3, 0.4) is 0 Å². The van der Waals surface area contributed by atoms with Gasteiger partial charge in [0.1, 0.15) is 5.71 Å². The SMILES string of the molecule is COc1ccc(C2=NNC(c3cccs3)=Nc3ccc(Br)cc32)cc1OC. The van der Waals surface area contributed by atoms with E-state index >= 15 is 0 Å². The molecule has 0 fully saturated rings. The fraction of sp³-hybridized carbons (Fsp3) is 0.100. The Kier molecular flexibility index (Phi) is 4.96. The lowest BCUT2D eigenvalue weighted by Crippen LogP contribution is -2.18. The van der Waals surface area contributed by atoms with Crippen molar-refractivity contribution in [3.63, 3.8) is 0 Å². The Bertz CT molecular complexity index is 1050. The monoisotopic (exact) mass is 441 g/mol. The van der Waals surface area contributed by atoms with Crippen molar-refractivity contribution in [1.82, 2.24) is 5.43 Å². The van der Waals surface area contributed by atoms with E-state index in [1.807, 2.05) is 53.9 Å². The van der Waals surface area contributed by atoms with Crippen LogP contribution >= 0.6 is 27.3 Å². The van der Waals surface area contributed by atoms with Gasteiger partial charge in [-0.1, -0.05) is 22.0 Å². The van der Waals surface area contributed by atoms with Gasteiger partial charge in [-0.15, -0.1) is 11.3 Å². The van der Waals surface area contributed by atoms with Crippen LogP contribution in [0, 0.1) is 0 Å². The molecule has 3 aromatic rings. The summed E-state index contributed by atoms with van der Waals surface area (Å²) >= 11 is 5.17. The third-order valence-electron chi connectivity index (χ3n) is 4.13. The number of nitrogens with zero attached hydrogens (tertiary/aromatic N) is 2. The largest absolute Gasteiger partial charge is 0.493 e. The highest BCUT2D eigenvalue weighted by atomic mass is 79.9. The number of fused-ring (bicyclic) bond motifs is 1. The maximum Gasteiger partial charge on any atom is 0.164 e. The quantitative estimate of drug-likeness (QED) is 0.622. The average molecular weight is 442 g/mol. The molecular formula is C20H16BrN3O2S. The van der Waals surface area contributed by atoms with Gasteiger partial charge >= 0.3 is 0 Å². The van der Waals surface area contributed by atoms with E-state index in [2.05, 4.69) is 26.5 Å². The molecule has 0 saturated heterocycles. The van der Waals surface area contributed by atoms with Gasteiger partial charge in [0.15, 0.2) is 17.3 Å². The summed E-state index contributed by atoms with van der Waals surface area (Å²) in [5.74, 6) is 2.05. The molecule has 4 rings (SSSR count). The second kappa shape index (κ2) is 7.54. The van der Waals surface area contributed by atoms with Crippen LogP contribution in [0.15, 0.2) is 68.5 Å². The van der Waals surface area contributed by atoms with Crippen LogP contribution in [0.25, 0.3) is 0 Å². The van der Waals surface area contributed by atoms with E-state index in [4.69, 9.17) is 14.5 Å². The Morgan fingerprint density at radius 2 is 1.85 bits per heavy atom. The summed E-state index contributed by atoms with van der Waals surface area (Å²) in [5, 5.41) is 6.69. The molecule has 5 nitrogen and oxygen atoms in total. The minimum absolute atomic E-state index is 0.651. The van der Waals surface area contributed by atoms with Gasteiger partial charge in [-0.25, -0.2) is 4.99 Å². The normalized spacial score (nSPS) is 13.0. The highest BCUT2D eigenvalue weighted by molar-refractivity contribution is 9.10. The number of hydrogen-bond donors (Lipinski definition) is 1. The highest BCUT2D eigenvalue weighted by Gasteiger charge is 2.19. The van der Waals surface area contributed by atoms with E-state index in [0.717, 1.165) is 37.7 Å². The molecule has 1 aromatic heterocycles. The topological polar surface area (TPSA) is 55.2 Å². The molecule has 0 amide bonds. The van der Waals surface area contributed by atoms with Gasteiger partial charge in [0.05, 0.1) is 24.8 Å². The van der Waals surface area contributed by atoms with Gasteiger partial charge in [-0.05, 0) is 47.8 Å². The number of amidine groups is 1. The Hall–Kier alpha value is -2.64. The first kappa shape index (κ1) is 17.8. The van der Waals surface area contributed by atoms with Crippen molar-refractivity contribution in [2.24, 2.45) is 10.1 Å². The van der Waals surface area contributed by atoms with Gasteiger partial charge in [-0.2, -0.15) is 5.10 Å². The third kappa shape index (κ3) is 3.48. The maximum atomic E-state index is 5.45.